The fourth-order valence-corrected chi connectivity index (χ4v) is 3.29. The second-order valence-electron chi connectivity index (χ2n) is 4.45. The molecule has 1 unspecified atom stereocenters. The van der Waals surface area contributed by atoms with Gasteiger partial charge < -0.3 is 5.32 Å². The summed E-state index contributed by atoms with van der Waals surface area (Å²) in [6, 6.07) is 6.43. The summed E-state index contributed by atoms with van der Waals surface area (Å²) in [5.74, 6) is 0. The third-order valence-corrected chi connectivity index (χ3v) is 4.75. The van der Waals surface area contributed by atoms with Gasteiger partial charge in [0.25, 0.3) is 0 Å². The van der Waals surface area contributed by atoms with E-state index in [4.69, 9.17) is 0 Å². The van der Waals surface area contributed by atoms with Crippen LogP contribution < -0.4 is 5.32 Å². The summed E-state index contributed by atoms with van der Waals surface area (Å²) in [6.45, 7) is 8.45. The van der Waals surface area contributed by atoms with Gasteiger partial charge in [0, 0.05) is 15.0 Å². The van der Waals surface area contributed by atoms with Crippen molar-refractivity contribution in [3.05, 3.63) is 43.8 Å². The van der Waals surface area contributed by atoms with E-state index in [9.17, 15) is 0 Å². The highest BCUT2D eigenvalue weighted by Gasteiger charge is 2.14. The Hall–Kier alpha value is -0.870. The van der Waals surface area contributed by atoms with Crippen molar-refractivity contribution in [2.45, 2.75) is 33.7 Å². The predicted octanol–water partition coefficient (Wildman–Crippen LogP) is 5.00. The molecule has 0 bridgehead atoms. The molecule has 2 aromatic rings. The molecule has 2 rings (SSSR count). The highest BCUT2D eigenvalue weighted by molar-refractivity contribution is 9.10. The summed E-state index contributed by atoms with van der Waals surface area (Å²) in [6.07, 6.45) is 0. The molecule has 0 radical (unpaired) electrons. The van der Waals surface area contributed by atoms with Crippen molar-refractivity contribution in [3.63, 3.8) is 0 Å². The molecule has 18 heavy (non-hydrogen) atoms. The molecule has 1 aromatic carbocycles. The van der Waals surface area contributed by atoms with Gasteiger partial charge in [0.1, 0.15) is 0 Å². The van der Waals surface area contributed by atoms with Crippen LogP contribution in [-0.2, 0) is 0 Å². The first-order valence-corrected chi connectivity index (χ1v) is 7.55. The second-order valence-corrected chi connectivity index (χ2v) is 6.71. The Morgan fingerprint density at radius 1 is 1.28 bits per heavy atom. The molecule has 1 atom stereocenters. The van der Waals surface area contributed by atoms with E-state index in [-0.39, 0.29) is 6.04 Å². The van der Waals surface area contributed by atoms with Crippen molar-refractivity contribution in [1.82, 2.24) is 4.98 Å². The number of aromatic nitrogens is 1. The third kappa shape index (κ3) is 2.75. The number of thiazole rings is 1. The van der Waals surface area contributed by atoms with Crippen LogP contribution in [0.2, 0.25) is 0 Å². The van der Waals surface area contributed by atoms with Crippen molar-refractivity contribution in [2.24, 2.45) is 0 Å². The zero-order valence-electron chi connectivity index (χ0n) is 11.0. The average molecular weight is 325 g/mol. The fraction of sp³-hybridized carbons (Fsp3) is 0.357. The first kappa shape index (κ1) is 13.6. The minimum Gasteiger partial charge on any atom is -0.377 e. The van der Waals surface area contributed by atoms with E-state index >= 15 is 0 Å². The number of aryl methyl sites for hydroxylation is 2. The molecule has 2 nitrogen and oxygen atoms in total. The number of nitrogens with zero attached hydrogens (tertiary/aromatic N) is 1. The molecular weight excluding hydrogens is 308 g/mol. The first-order chi connectivity index (χ1) is 8.49. The predicted molar refractivity (Wildman–Crippen MR) is 82.5 cm³/mol. The molecule has 0 amide bonds. The van der Waals surface area contributed by atoms with E-state index in [1.54, 1.807) is 11.3 Å². The summed E-state index contributed by atoms with van der Waals surface area (Å²) < 4.78 is 1.13. The average Bonchev–Trinajstić information content (AvgIpc) is 2.64. The van der Waals surface area contributed by atoms with Gasteiger partial charge in [0.05, 0.1) is 16.7 Å². The lowest BCUT2D eigenvalue weighted by molar-refractivity contribution is 0.835. The van der Waals surface area contributed by atoms with Gasteiger partial charge in [0.15, 0.2) is 0 Å². The maximum absolute atomic E-state index is 4.60. The van der Waals surface area contributed by atoms with Crippen LogP contribution in [0, 0.1) is 20.8 Å². The number of hydrogen-bond acceptors (Lipinski definition) is 3. The highest BCUT2D eigenvalue weighted by Crippen LogP contribution is 2.29. The topological polar surface area (TPSA) is 24.9 Å². The molecule has 4 heteroatoms. The maximum Gasteiger partial charge on any atom is 0.0901 e. The smallest absolute Gasteiger partial charge is 0.0901 e. The molecule has 1 aromatic heterocycles. The molecule has 0 spiro atoms. The fourth-order valence-electron chi connectivity index (χ4n) is 2.01. The van der Waals surface area contributed by atoms with E-state index in [1.807, 2.05) is 6.07 Å². The normalized spacial score (nSPS) is 12.5. The SMILES string of the molecule is Cc1nc(C(C)Nc2cccc(Br)c2C)c(C)s1. The van der Waals surface area contributed by atoms with Crippen LogP contribution in [0.1, 0.15) is 34.1 Å². The number of anilines is 1. The largest absolute Gasteiger partial charge is 0.377 e. The van der Waals surface area contributed by atoms with E-state index in [1.165, 1.54) is 10.4 Å². The number of rotatable bonds is 3. The summed E-state index contributed by atoms with van der Waals surface area (Å²) >= 11 is 5.31. The molecule has 0 saturated carbocycles. The Balaban J connectivity index is 2.24. The van der Waals surface area contributed by atoms with Gasteiger partial charge in [0.2, 0.25) is 0 Å². The monoisotopic (exact) mass is 324 g/mol. The molecule has 0 aliphatic rings. The molecular formula is C14H17BrN2S. The van der Waals surface area contributed by atoms with Crippen molar-refractivity contribution in [2.75, 3.05) is 5.32 Å². The van der Waals surface area contributed by atoms with Gasteiger partial charge in [-0.1, -0.05) is 22.0 Å². The van der Waals surface area contributed by atoms with Gasteiger partial charge in [-0.25, -0.2) is 4.98 Å². The number of halogens is 1. The number of benzene rings is 1. The first-order valence-electron chi connectivity index (χ1n) is 5.94. The third-order valence-electron chi connectivity index (χ3n) is 2.99. The van der Waals surface area contributed by atoms with E-state index in [0.29, 0.717) is 0 Å². The van der Waals surface area contributed by atoms with E-state index in [0.717, 1.165) is 20.9 Å². The molecule has 1 heterocycles. The summed E-state index contributed by atoms with van der Waals surface area (Å²) in [7, 11) is 0. The quantitative estimate of drug-likeness (QED) is 0.858. The molecule has 0 aliphatic carbocycles. The van der Waals surface area contributed by atoms with Crippen molar-refractivity contribution < 1.29 is 0 Å². The highest BCUT2D eigenvalue weighted by atomic mass is 79.9. The standard InChI is InChI=1S/C14H17BrN2S/c1-8-12(15)6-5-7-13(8)16-9(2)14-10(3)18-11(4)17-14/h5-7,9,16H,1-4H3. The molecule has 0 saturated heterocycles. The summed E-state index contributed by atoms with van der Waals surface area (Å²) in [4.78, 5) is 5.89. The van der Waals surface area contributed by atoms with Gasteiger partial charge in [-0.3, -0.25) is 0 Å². The van der Waals surface area contributed by atoms with E-state index in [2.05, 4.69) is 66.1 Å². The van der Waals surface area contributed by atoms with Gasteiger partial charge >= 0.3 is 0 Å². The zero-order valence-corrected chi connectivity index (χ0v) is 13.4. The van der Waals surface area contributed by atoms with Crippen molar-refractivity contribution in [1.29, 1.82) is 0 Å². The van der Waals surface area contributed by atoms with Gasteiger partial charge in [-0.2, -0.15) is 0 Å². The van der Waals surface area contributed by atoms with Crippen LogP contribution in [0.5, 0.6) is 0 Å². The Bertz CT molecular complexity index is 563. The van der Waals surface area contributed by atoms with Crippen LogP contribution in [0.25, 0.3) is 0 Å². The lowest BCUT2D eigenvalue weighted by Crippen LogP contribution is -2.09. The lowest BCUT2D eigenvalue weighted by atomic mass is 10.1. The Morgan fingerprint density at radius 3 is 2.61 bits per heavy atom. The van der Waals surface area contributed by atoms with Crippen molar-refractivity contribution >= 4 is 33.0 Å². The Morgan fingerprint density at radius 2 is 2.00 bits per heavy atom. The van der Waals surface area contributed by atoms with Crippen LogP contribution in [0.4, 0.5) is 5.69 Å². The van der Waals surface area contributed by atoms with Crippen LogP contribution in [0.15, 0.2) is 22.7 Å². The zero-order chi connectivity index (χ0) is 13.3. The van der Waals surface area contributed by atoms with Crippen LogP contribution in [-0.4, -0.2) is 4.98 Å². The van der Waals surface area contributed by atoms with Crippen LogP contribution in [0.3, 0.4) is 0 Å². The van der Waals surface area contributed by atoms with E-state index < -0.39 is 0 Å². The van der Waals surface area contributed by atoms with Crippen LogP contribution >= 0.6 is 27.3 Å². The number of nitrogens with one attached hydrogen (secondary N) is 1. The lowest BCUT2D eigenvalue weighted by Gasteiger charge is -2.16. The van der Waals surface area contributed by atoms with Gasteiger partial charge in [-0.05, 0) is 45.4 Å². The minimum absolute atomic E-state index is 0.225. The van der Waals surface area contributed by atoms with Gasteiger partial charge in [-0.15, -0.1) is 11.3 Å². The molecule has 0 fully saturated rings. The molecule has 0 aliphatic heterocycles. The maximum atomic E-state index is 4.60. The Kier molecular flexibility index (Phi) is 4.07. The number of hydrogen-bond donors (Lipinski definition) is 1. The summed E-state index contributed by atoms with van der Waals surface area (Å²) in [5.41, 5.74) is 3.53. The minimum atomic E-state index is 0.225. The summed E-state index contributed by atoms with van der Waals surface area (Å²) in [5, 5.41) is 4.66. The second kappa shape index (κ2) is 5.41. The molecule has 1 N–H and O–H groups in total. The van der Waals surface area contributed by atoms with Crippen molar-refractivity contribution in [3.8, 4) is 0 Å². The molecule has 96 valence electrons. The Labute approximate surface area is 121 Å².